The molecule has 0 unspecified atom stereocenters. The number of anilines is 1. The third-order valence-electron chi connectivity index (χ3n) is 2.65. The Kier molecular flexibility index (Phi) is 4.20. The summed E-state index contributed by atoms with van der Waals surface area (Å²) in [5.74, 6) is 6.92. The van der Waals surface area contributed by atoms with Crippen LogP contribution in [-0.4, -0.2) is 19.9 Å². The van der Waals surface area contributed by atoms with Crippen molar-refractivity contribution < 1.29 is 0 Å². The predicted molar refractivity (Wildman–Crippen MR) is 79.4 cm³/mol. The van der Waals surface area contributed by atoms with Gasteiger partial charge in [-0.3, -0.25) is 4.98 Å². The van der Waals surface area contributed by atoms with Gasteiger partial charge in [0.05, 0.1) is 6.20 Å². The molecule has 20 heavy (non-hydrogen) atoms. The molecule has 0 amide bonds. The summed E-state index contributed by atoms with van der Waals surface area (Å²) in [6, 6.07) is 0. The largest absolute Gasteiger partial charge is 0.308 e. The highest BCUT2D eigenvalue weighted by atomic mass is 32.2. The van der Waals surface area contributed by atoms with Crippen LogP contribution in [0.3, 0.4) is 0 Å². The van der Waals surface area contributed by atoms with Crippen molar-refractivity contribution in [3.63, 3.8) is 0 Å². The van der Waals surface area contributed by atoms with Crippen LogP contribution in [0.15, 0.2) is 28.6 Å². The lowest BCUT2D eigenvalue weighted by molar-refractivity contribution is 0.538. The molecule has 7 heteroatoms. The first-order chi connectivity index (χ1) is 9.41. The standard InChI is InChI=1S/C13H18N6S/c1-8-10(19-14)17-12(13(2,3)4)18-11(8)20-9-7-15-5-6-16-9/h5-7H,14H2,1-4H3,(H,17,18,19). The lowest BCUT2D eigenvalue weighted by Crippen LogP contribution is -2.20. The third kappa shape index (κ3) is 3.23. The van der Waals surface area contributed by atoms with Crippen LogP contribution in [0.1, 0.15) is 32.2 Å². The molecule has 3 N–H and O–H groups in total. The Hall–Kier alpha value is -1.73. The molecule has 2 heterocycles. The van der Waals surface area contributed by atoms with Crippen molar-refractivity contribution in [2.45, 2.75) is 43.2 Å². The van der Waals surface area contributed by atoms with Crippen LogP contribution < -0.4 is 11.3 Å². The fourth-order valence-corrected chi connectivity index (χ4v) is 2.32. The molecule has 0 aliphatic rings. The number of hydrazine groups is 1. The Morgan fingerprint density at radius 2 is 1.95 bits per heavy atom. The zero-order valence-electron chi connectivity index (χ0n) is 12.0. The van der Waals surface area contributed by atoms with Crippen LogP contribution in [0.2, 0.25) is 0 Å². The van der Waals surface area contributed by atoms with E-state index >= 15 is 0 Å². The van der Waals surface area contributed by atoms with Crippen molar-refractivity contribution in [1.82, 2.24) is 19.9 Å². The average molecular weight is 290 g/mol. The Balaban J connectivity index is 2.46. The second kappa shape index (κ2) is 5.72. The average Bonchev–Trinajstić information content (AvgIpc) is 2.41. The van der Waals surface area contributed by atoms with E-state index < -0.39 is 0 Å². The normalized spacial score (nSPS) is 11.4. The second-order valence-electron chi connectivity index (χ2n) is 5.37. The van der Waals surface area contributed by atoms with Gasteiger partial charge in [0.1, 0.15) is 21.7 Å². The lowest BCUT2D eigenvalue weighted by Gasteiger charge is -2.19. The minimum atomic E-state index is -0.156. The number of nitrogens with zero attached hydrogens (tertiary/aromatic N) is 4. The van der Waals surface area contributed by atoms with Crippen molar-refractivity contribution in [3.8, 4) is 0 Å². The first-order valence-electron chi connectivity index (χ1n) is 6.21. The van der Waals surface area contributed by atoms with Gasteiger partial charge in [0.25, 0.3) is 0 Å². The van der Waals surface area contributed by atoms with Crippen molar-refractivity contribution in [2.75, 3.05) is 5.43 Å². The second-order valence-corrected chi connectivity index (χ2v) is 6.38. The summed E-state index contributed by atoms with van der Waals surface area (Å²) in [5.41, 5.74) is 3.38. The molecule has 0 radical (unpaired) electrons. The maximum atomic E-state index is 5.55. The fraction of sp³-hybridized carbons (Fsp3) is 0.385. The van der Waals surface area contributed by atoms with Crippen LogP contribution in [0.4, 0.5) is 5.82 Å². The predicted octanol–water partition coefficient (Wildman–Crippen LogP) is 2.31. The Morgan fingerprint density at radius 3 is 2.50 bits per heavy atom. The molecule has 0 aliphatic heterocycles. The van der Waals surface area contributed by atoms with Crippen LogP contribution in [0.5, 0.6) is 0 Å². The van der Waals surface area contributed by atoms with Gasteiger partial charge in [-0.05, 0) is 18.7 Å². The van der Waals surface area contributed by atoms with Gasteiger partial charge in [0.2, 0.25) is 0 Å². The maximum absolute atomic E-state index is 5.55. The van der Waals surface area contributed by atoms with E-state index in [1.54, 1.807) is 18.6 Å². The van der Waals surface area contributed by atoms with Gasteiger partial charge in [0, 0.05) is 23.4 Å². The number of rotatable bonds is 3. The molecule has 2 rings (SSSR count). The first kappa shape index (κ1) is 14.7. The fourth-order valence-electron chi connectivity index (χ4n) is 1.51. The van der Waals surface area contributed by atoms with E-state index in [1.807, 2.05) is 6.92 Å². The molecule has 0 aromatic carbocycles. The van der Waals surface area contributed by atoms with E-state index in [0.29, 0.717) is 5.82 Å². The van der Waals surface area contributed by atoms with E-state index in [2.05, 4.69) is 46.1 Å². The minimum Gasteiger partial charge on any atom is -0.308 e. The molecule has 0 bridgehead atoms. The third-order valence-corrected chi connectivity index (χ3v) is 3.66. The highest BCUT2D eigenvalue weighted by Crippen LogP contribution is 2.31. The summed E-state index contributed by atoms with van der Waals surface area (Å²) in [6.45, 7) is 8.12. The molecule has 0 aliphatic carbocycles. The monoisotopic (exact) mass is 290 g/mol. The van der Waals surface area contributed by atoms with Crippen LogP contribution in [-0.2, 0) is 5.41 Å². The number of nitrogen functional groups attached to an aromatic ring is 1. The summed E-state index contributed by atoms with van der Waals surface area (Å²) in [6.07, 6.45) is 5.01. The van der Waals surface area contributed by atoms with Gasteiger partial charge in [-0.2, -0.15) is 0 Å². The van der Waals surface area contributed by atoms with Crippen molar-refractivity contribution in [1.29, 1.82) is 0 Å². The highest BCUT2D eigenvalue weighted by Gasteiger charge is 2.21. The Labute approximate surface area is 122 Å². The Morgan fingerprint density at radius 1 is 1.20 bits per heavy atom. The van der Waals surface area contributed by atoms with E-state index in [4.69, 9.17) is 5.84 Å². The molecular formula is C13H18N6S. The zero-order chi connectivity index (χ0) is 14.8. The highest BCUT2D eigenvalue weighted by molar-refractivity contribution is 7.99. The number of aromatic nitrogens is 4. The lowest BCUT2D eigenvalue weighted by atomic mass is 9.95. The number of nitrogens with two attached hydrogens (primary N) is 1. The van der Waals surface area contributed by atoms with Crippen molar-refractivity contribution in [3.05, 3.63) is 30.0 Å². The SMILES string of the molecule is Cc1c(NN)nc(C(C)(C)C)nc1Sc1cnccn1. The number of hydrogen-bond acceptors (Lipinski definition) is 7. The van der Waals surface area contributed by atoms with Crippen LogP contribution in [0, 0.1) is 6.92 Å². The van der Waals surface area contributed by atoms with E-state index in [9.17, 15) is 0 Å². The molecule has 0 spiro atoms. The van der Waals surface area contributed by atoms with Gasteiger partial charge < -0.3 is 5.43 Å². The van der Waals surface area contributed by atoms with Gasteiger partial charge in [-0.25, -0.2) is 20.8 Å². The maximum Gasteiger partial charge on any atom is 0.147 e. The molecule has 0 fully saturated rings. The molecule has 6 nitrogen and oxygen atoms in total. The number of hydrogen-bond donors (Lipinski definition) is 2. The summed E-state index contributed by atoms with van der Waals surface area (Å²) in [5, 5.41) is 1.62. The molecule has 0 atom stereocenters. The quantitative estimate of drug-likeness (QED) is 0.509. The van der Waals surface area contributed by atoms with Gasteiger partial charge in [0.15, 0.2) is 0 Å². The van der Waals surface area contributed by atoms with E-state index in [-0.39, 0.29) is 5.41 Å². The summed E-state index contributed by atoms with van der Waals surface area (Å²) >= 11 is 1.45. The molecule has 2 aromatic heterocycles. The van der Waals surface area contributed by atoms with Crippen LogP contribution >= 0.6 is 11.8 Å². The topological polar surface area (TPSA) is 89.6 Å². The van der Waals surface area contributed by atoms with E-state index in [0.717, 1.165) is 21.4 Å². The smallest absolute Gasteiger partial charge is 0.147 e. The molecule has 2 aromatic rings. The first-order valence-corrected chi connectivity index (χ1v) is 7.03. The van der Waals surface area contributed by atoms with E-state index in [1.165, 1.54) is 11.8 Å². The minimum absolute atomic E-state index is 0.156. The molecule has 106 valence electrons. The Bertz CT molecular complexity index is 594. The molecular weight excluding hydrogens is 272 g/mol. The summed E-state index contributed by atoms with van der Waals surface area (Å²) in [7, 11) is 0. The van der Waals surface area contributed by atoms with Crippen LogP contribution in [0.25, 0.3) is 0 Å². The van der Waals surface area contributed by atoms with Gasteiger partial charge >= 0.3 is 0 Å². The number of nitrogens with one attached hydrogen (secondary N) is 1. The van der Waals surface area contributed by atoms with Crippen molar-refractivity contribution >= 4 is 17.6 Å². The van der Waals surface area contributed by atoms with Crippen molar-refractivity contribution in [2.24, 2.45) is 5.84 Å². The summed E-state index contributed by atoms with van der Waals surface area (Å²) in [4.78, 5) is 17.4. The van der Waals surface area contributed by atoms with Gasteiger partial charge in [-0.1, -0.05) is 20.8 Å². The molecule has 0 saturated carbocycles. The summed E-state index contributed by atoms with van der Waals surface area (Å²) < 4.78 is 0. The molecule has 0 saturated heterocycles. The zero-order valence-corrected chi connectivity index (χ0v) is 12.8. The van der Waals surface area contributed by atoms with Gasteiger partial charge in [-0.15, -0.1) is 0 Å².